The summed E-state index contributed by atoms with van der Waals surface area (Å²) >= 11 is 0. The van der Waals surface area contributed by atoms with Crippen LogP contribution in [0.4, 0.5) is 5.69 Å². The van der Waals surface area contributed by atoms with Gasteiger partial charge in [-0.15, -0.1) is 0 Å². The minimum Gasteiger partial charge on any atom is -0.371 e. The zero-order valence-electron chi connectivity index (χ0n) is 13.8. The largest absolute Gasteiger partial charge is 0.371 e. The number of imidazole rings is 1. The maximum Gasteiger partial charge on any atom is 0.123 e. The Kier molecular flexibility index (Phi) is 4.48. The Morgan fingerprint density at radius 2 is 1.86 bits per heavy atom. The molecule has 4 nitrogen and oxygen atoms in total. The van der Waals surface area contributed by atoms with Crippen LogP contribution in [0.15, 0.2) is 30.5 Å². The van der Waals surface area contributed by atoms with Crippen molar-refractivity contribution in [3.05, 3.63) is 47.5 Å². The van der Waals surface area contributed by atoms with Gasteiger partial charge in [-0.3, -0.25) is 0 Å². The van der Waals surface area contributed by atoms with Crippen molar-refractivity contribution in [1.82, 2.24) is 15.3 Å². The highest BCUT2D eigenvalue weighted by atomic mass is 15.2. The first-order valence-electron chi connectivity index (χ1n) is 8.21. The third-order valence-corrected chi connectivity index (χ3v) is 4.51. The molecule has 0 amide bonds. The number of aromatic amines is 1. The van der Waals surface area contributed by atoms with E-state index in [1.54, 1.807) is 0 Å². The van der Waals surface area contributed by atoms with E-state index in [2.05, 4.69) is 58.3 Å². The highest BCUT2D eigenvalue weighted by Crippen LogP contribution is 2.21. The Morgan fingerprint density at radius 1 is 1.18 bits per heavy atom. The van der Waals surface area contributed by atoms with Crippen LogP contribution in [0.2, 0.25) is 0 Å². The Bertz CT molecular complexity index is 594. The molecule has 118 valence electrons. The summed E-state index contributed by atoms with van der Waals surface area (Å²) in [7, 11) is 0. The summed E-state index contributed by atoms with van der Waals surface area (Å²) in [6, 6.07) is 9.71. The van der Waals surface area contributed by atoms with Crippen LogP contribution in [0, 0.1) is 13.8 Å². The second kappa shape index (κ2) is 6.53. The maximum atomic E-state index is 4.42. The van der Waals surface area contributed by atoms with Crippen molar-refractivity contribution in [2.24, 2.45) is 0 Å². The molecule has 0 aliphatic carbocycles. The van der Waals surface area contributed by atoms with Crippen molar-refractivity contribution >= 4 is 5.69 Å². The van der Waals surface area contributed by atoms with E-state index in [4.69, 9.17) is 0 Å². The number of hydrogen-bond donors (Lipinski definition) is 2. The van der Waals surface area contributed by atoms with E-state index >= 15 is 0 Å². The zero-order valence-corrected chi connectivity index (χ0v) is 13.8. The highest BCUT2D eigenvalue weighted by molar-refractivity contribution is 5.47. The molecule has 1 saturated heterocycles. The molecule has 1 unspecified atom stereocenters. The van der Waals surface area contributed by atoms with Crippen molar-refractivity contribution in [3.8, 4) is 0 Å². The minimum atomic E-state index is 0.282. The highest BCUT2D eigenvalue weighted by Gasteiger charge is 2.21. The molecule has 1 fully saturated rings. The van der Waals surface area contributed by atoms with Crippen molar-refractivity contribution in [2.75, 3.05) is 18.0 Å². The van der Waals surface area contributed by atoms with Gasteiger partial charge in [0.25, 0.3) is 0 Å². The number of hydrogen-bond acceptors (Lipinski definition) is 3. The summed E-state index contributed by atoms with van der Waals surface area (Å²) < 4.78 is 0. The van der Waals surface area contributed by atoms with Crippen LogP contribution < -0.4 is 10.2 Å². The first-order chi connectivity index (χ1) is 10.6. The quantitative estimate of drug-likeness (QED) is 0.910. The third kappa shape index (κ3) is 3.50. The minimum absolute atomic E-state index is 0.282. The number of benzene rings is 1. The van der Waals surface area contributed by atoms with Crippen molar-refractivity contribution in [2.45, 2.75) is 45.7 Å². The van der Waals surface area contributed by atoms with Gasteiger partial charge in [0.2, 0.25) is 0 Å². The average molecular weight is 298 g/mol. The molecule has 22 heavy (non-hydrogen) atoms. The number of H-pyrrole nitrogens is 1. The number of nitrogens with zero attached hydrogens (tertiary/aromatic N) is 2. The Hall–Kier alpha value is -1.81. The van der Waals surface area contributed by atoms with E-state index in [1.807, 2.05) is 13.1 Å². The molecule has 1 aliphatic heterocycles. The predicted octanol–water partition coefficient (Wildman–Crippen LogP) is 3.35. The number of nitrogens with one attached hydrogen (secondary N) is 2. The van der Waals surface area contributed by atoms with Gasteiger partial charge in [-0.1, -0.05) is 17.7 Å². The first kappa shape index (κ1) is 15.1. The number of rotatable bonds is 4. The molecule has 2 aromatic rings. The van der Waals surface area contributed by atoms with Crippen LogP contribution in [0.1, 0.15) is 42.9 Å². The van der Waals surface area contributed by atoms with E-state index in [9.17, 15) is 0 Å². The zero-order chi connectivity index (χ0) is 15.5. The van der Waals surface area contributed by atoms with Gasteiger partial charge in [-0.2, -0.15) is 0 Å². The fourth-order valence-corrected chi connectivity index (χ4v) is 3.15. The second-order valence-electron chi connectivity index (χ2n) is 6.44. The fraction of sp³-hybridized carbons (Fsp3) is 0.500. The number of piperidine rings is 1. The van der Waals surface area contributed by atoms with Crippen molar-refractivity contribution in [3.63, 3.8) is 0 Å². The van der Waals surface area contributed by atoms with Gasteiger partial charge in [0, 0.05) is 36.7 Å². The lowest BCUT2D eigenvalue weighted by Gasteiger charge is -2.35. The summed E-state index contributed by atoms with van der Waals surface area (Å²) in [5.74, 6) is 1.04. The summed E-state index contributed by atoms with van der Waals surface area (Å²) in [5, 5.41) is 3.71. The van der Waals surface area contributed by atoms with Gasteiger partial charge in [0.15, 0.2) is 0 Å². The third-order valence-electron chi connectivity index (χ3n) is 4.51. The lowest BCUT2D eigenvalue weighted by atomic mass is 10.0. The van der Waals surface area contributed by atoms with E-state index in [-0.39, 0.29) is 6.04 Å². The van der Waals surface area contributed by atoms with Gasteiger partial charge in [-0.05, 0) is 45.7 Å². The Morgan fingerprint density at radius 3 is 2.45 bits per heavy atom. The summed E-state index contributed by atoms with van der Waals surface area (Å²) in [6.07, 6.45) is 4.25. The van der Waals surface area contributed by atoms with E-state index in [0.717, 1.165) is 24.6 Å². The maximum absolute atomic E-state index is 4.42. The van der Waals surface area contributed by atoms with Gasteiger partial charge in [-0.25, -0.2) is 4.98 Å². The normalized spacial score (nSPS) is 17.7. The lowest BCUT2D eigenvalue weighted by Crippen LogP contribution is -2.43. The molecule has 0 radical (unpaired) electrons. The molecule has 3 rings (SSSR count). The Labute approximate surface area is 133 Å². The topological polar surface area (TPSA) is 44.0 Å². The number of aryl methyl sites for hydroxylation is 2. The Balaban J connectivity index is 1.52. The molecule has 2 N–H and O–H groups in total. The molecule has 1 aromatic heterocycles. The van der Waals surface area contributed by atoms with Gasteiger partial charge in [0.05, 0.1) is 6.04 Å². The molecule has 1 aliphatic rings. The molecule has 0 bridgehead atoms. The standard InChI is InChI=1S/C18H26N4/c1-13-4-6-17(7-5-13)22-10-8-16(9-11-22)21-15(3)18-19-12-14(2)20-18/h4-7,12,15-16,21H,8-11H2,1-3H3,(H,19,20). The lowest BCUT2D eigenvalue weighted by molar-refractivity contribution is 0.374. The first-order valence-corrected chi connectivity index (χ1v) is 8.21. The fourth-order valence-electron chi connectivity index (χ4n) is 3.15. The van der Waals surface area contributed by atoms with Gasteiger partial charge >= 0.3 is 0 Å². The van der Waals surface area contributed by atoms with E-state index in [1.165, 1.54) is 24.1 Å². The monoisotopic (exact) mass is 298 g/mol. The smallest absolute Gasteiger partial charge is 0.123 e. The van der Waals surface area contributed by atoms with Crippen LogP contribution in [0.5, 0.6) is 0 Å². The molecule has 0 saturated carbocycles. The van der Waals surface area contributed by atoms with Gasteiger partial charge < -0.3 is 15.2 Å². The van der Waals surface area contributed by atoms with Crippen LogP contribution in [-0.4, -0.2) is 29.1 Å². The summed E-state index contributed by atoms with van der Waals surface area (Å²) in [5.41, 5.74) is 3.79. The van der Waals surface area contributed by atoms with Gasteiger partial charge in [0.1, 0.15) is 5.82 Å². The second-order valence-corrected chi connectivity index (χ2v) is 6.44. The molecule has 0 spiro atoms. The van der Waals surface area contributed by atoms with Crippen molar-refractivity contribution in [1.29, 1.82) is 0 Å². The molecule has 2 heterocycles. The molecule has 1 atom stereocenters. The van der Waals surface area contributed by atoms with Crippen LogP contribution >= 0.6 is 0 Å². The molecule has 4 heteroatoms. The SMILES string of the molecule is Cc1ccc(N2CCC(NC(C)c3ncc(C)[nH]3)CC2)cc1. The number of aromatic nitrogens is 2. The molecular formula is C18H26N4. The predicted molar refractivity (Wildman–Crippen MR) is 91.3 cm³/mol. The van der Waals surface area contributed by atoms with Crippen LogP contribution in [0.3, 0.4) is 0 Å². The summed E-state index contributed by atoms with van der Waals surface area (Å²) in [6.45, 7) is 8.60. The van der Waals surface area contributed by atoms with Crippen LogP contribution in [-0.2, 0) is 0 Å². The van der Waals surface area contributed by atoms with E-state index in [0.29, 0.717) is 6.04 Å². The average Bonchev–Trinajstić information content (AvgIpc) is 2.96. The van der Waals surface area contributed by atoms with Crippen molar-refractivity contribution < 1.29 is 0 Å². The number of anilines is 1. The summed E-state index contributed by atoms with van der Waals surface area (Å²) in [4.78, 5) is 10.2. The van der Waals surface area contributed by atoms with Crippen LogP contribution in [0.25, 0.3) is 0 Å². The van der Waals surface area contributed by atoms with E-state index < -0.39 is 0 Å². The molecule has 1 aromatic carbocycles. The molecular weight excluding hydrogens is 272 g/mol.